The van der Waals surface area contributed by atoms with Crippen LogP contribution in [0.2, 0.25) is 5.02 Å². The molecule has 0 saturated carbocycles. The lowest BCUT2D eigenvalue weighted by molar-refractivity contribution is -0.137. The highest BCUT2D eigenvalue weighted by Gasteiger charge is 2.35. The van der Waals surface area contributed by atoms with Crippen LogP contribution >= 0.6 is 23.8 Å². The summed E-state index contributed by atoms with van der Waals surface area (Å²) in [6.07, 6.45) is -4.60. The van der Waals surface area contributed by atoms with Crippen LogP contribution in [0.5, 0.6) is 0 Å². The first kappa shape index (κ1) is 20.2. The molecule has 0 radical (unpaired) electrons. The van der Waals surface area contributed by atoms with E-state index in [1.54, 1.807) is 31.2 Å². The van der Waals surface area contributed by atoms with Crippen molar-refractivity contribution in [3.63, 3.8) is 0 Å². The molecule has 3 N–H and O–H groups in total. The summed E-state index contributed by atoms with van der Waals surface area (Å²) in [4.78, 5) is 13.0. The van der Waals surface area contributed by atoms with Gasteiger partial charge in [0.05, 0.1) is 22.9 Å². The maximum absolute atomic E-state index is 13.2. The molecule has 28 heavy (non-hydrogen) atoms. The molecular weight excluding hydrogens is 411 g/mol. The average Bonchev–Trinajstić information content (AvgIpc) is 2.61. The lowest BCUT2D eigenvalue weighted by atomic mass is 9.94. The van der Waals surface area contributed by atoms with Crippen LogP contribution in [-0.2, 0) is 11.0 Å². The number of para-hydroxylation sites is 1. The Kier molecular flexibility index (Phi) is 5.62. The number of hydrogen-bond donors (Lipinski definition) is 3. The van der Waals surface area contributed by atoms with Gasteiger partial charge in [0.1, 0.15) is 0 Å². The topological polar surface area (TPSA) is 53.2 Å². The van der Waals surface area contributed by atoms with E-state index in [1.165, 1.54) is 18.2 Å². The number of alkyl halides is 3. The van der Waals surface area contributed by atoms with Crippen LogP contribution < -0.4 is 16.0 Å². The van der Waals surface area contributed by atoms with Gasteiger partial charge in [-0.15, -0.1) is 0 Å². The summed E-state index contributed by atoms with van der Waals surface area (Å²) in [5.74, 6) is -0.693. The number of amides is 1. The SMILES string of the molecule is CC1=C(C(=O)Nc2ccccc2C(F)(F)F)[C@H](c2ccccc2Cl)NC(=S)N1. The van der Waals surface area contributed by atoms with Crippen LogP contribution in [0.3, 0.4) is 0 Å². The third kappa shape index (κ3) is 4.13. The van der Waals surface area contributed by atoms with Crippen LogP contribution in [0.15, 0.2) is 59.8 Å². The third-order valence-electron chi connectivity index (χ3n) is 4.21. The van der Waals surface area contributed by atoms with Crippen LogP contribution in [0.4, 0.5) is 18.9 Å². The minimum atomic E-state index is -4.60. The van der Waals surface area contributed by atoms with Gasteiger partial charge in [-0.05, 0) is 42.9 Å². The lowest BCUT2D eigenvalue weighted by Crippen LogP contribution is -2.45. The molecule has 1 atom stereocenters. The summed E-state index contributed by atoms with van der Waals surface area (Å²) in [5.41, 5.74) is -0.0505. The highest BCUT2D eigenvalue weighted by atomic mass is 35.5. The first-order chi connectivity index (χ1) is 13.2. The van der Waals surface area contributed by atoms with Crippen LogP contribution in [-0.4, -0.2) is 11.0 Å². The quantitative estimate of drug-likeness (QED) is 0.619. The normalized spacial score (nSPS) is 17.0. The number of benzene rings is 2. The minimum Gasteiger partial charge on any atom is -0.351 e. The van der Waals surface area contributed by atoms with Gasteiger partial charge in [0.15, 0.2) is 5.11 Å². The Morgan fingerprint density at radius 1 is 1.14 bits per heavy atom. The van der Waals surface area contributed by atoms with Crippen molar-refractivity contribution in [2.45, 2.75) is 19.1 Å². The Balaban J connectivity index is 2.01. The molecule has 0 aliphatic carbocycles. The molecule has 1 heterocycles. The molecule has 2 aromatic rings. The van der Waals surface area contributed by atoms with Gasteiger partial charge in [-0.25, -0.2) is 0 Å². The number of anilines is 1. The molecule has 4 nitrogen and oxygen atoms in total. The summed E-state index contributed by atoms with van der Waals surface area (Å²) in [6.45, 7) is 1.63. The predicted molar refractivity (Wildman–Crippen MR) is 106 cm³/mol. The first-order valence-corrected chi connectivity index (χ1v) is 8.97. The zero-order chi connectivity index (χ0) is 20.5. The number of halogens is 4. The van der Waals surface area contributed by atoms with Crippen molar-refractivity contribution in [3.8, 4) is 0 Å². The highest BCUT2D eigenvalue weighted by Crippen LogP contribution is 2.36. The van der Waals surface area contributed by atoms with E-state index in [4.69, 9.17) is 23.8 Å². The zero-order valence-corrected chi connectivity index (χ0v) is 16.1. The van der Waals surface area contributed by atoms with Crippen LogP contribution in [0.1, 0.15) is 24.1 Å². The van der Waals surface area contributed by atoms with Crippen LogP contribution in [0.25, 0.3) is 0 Å². The predicted octanol–water partition coefficient (Wildman–Crippen LogP) is 4.79. The first-order valence-electron chi connectivity index (χ1n) is 8.18. The van der Waals surface area contributed by atoms with E-state index in [2.05, 4.69) is 16.0 Å². The van der Waals surface area contributed by atoms with Gasteiger partial charge >= 0.3 is 6.18 Å². The Morgan fingerprint density at radius 2 is 1.79 bits per heavy atom. The van der Waals surface area contributed by atoms with E-state index in [1.807, 2.05) is 0 Å². The Labute approximate surface area is 169 Å². The van der Waals surface area contributed by atoms with E-state index in [0.29, 0.717) is 16.3 Å². The number of allylic oxidation sites excluding steroid dienone is 1. The van der Waals surface area contributed by atoms with Gasteiger partial charge in [0, 0.05) is 10.7 Å². The fraction of sp³-hybridized carbons (Fsp3) is 0.158. The fourth-order valence-electron chi connectivity index (χ4n) is 2.97. The number of carbonyl (C=O) groups is 1. The van der Waals surface area contributed by atoms with Gasteiger partial charge in [-0.2, -0.15) is 13.2 Å². The minimum absolute atomic E-state index is 0.193. The number of rotatable bonds is 3. The molecule has 0 spiro atoms. The smallest absolute Gasteiger partial charge is 0.351 e. The molecule has 0 aromatic heterocycles. The van der Waals surface area contributed by atoms with Crippen molar-refractivity contribution < 1.29 is 18.0 Å². The Morgan fingerprint density at radius 3 is 2.46 bits per heavy atom. The lowest BCUT2D eigenvalue weighted by Gasteiger charge is -2.31. The van der Waals surface area contributed by atoms with Crippen LogP contribution in [0, 0.1) is 0 Å². The average molecular weight is 426 g/mol. The van der Waals surface area contributed by atoms with Gasteiger partial charge in [-0.1, -0.05) is 41.9 Å². The number of carbonyl (C=O) groups excluding carboxylic acids is 1. The largest absolute Gasteiger partial charge is 0.418 e. The highest BCUT2D eigenvalue weighted by molar-refractivity contribution is 7.80. The molecule has 0 saturated heterocycles. The Bertz CT molecular complexity index is 975. The molecule has 1 aliphatic rings. The van der Waals surface area contributed by atoms with E-state index < -0.39 is 23.7 Å². The molecule has 9 heteroatoms. The monoisotopic (exact) mass is 425 g/mol. The van der Waals surface area contributed by atoms with Gasteiger partial charge < -0.3 is 16.0 Å². The molecular formula is C19H15ClF3N3OS. The number of nitrogens with one attached hydrogen (secondary N) is 3. The fourth-order valence-corrected chi connectivity index (χ4v) is 3.48. The number of hydrogen-bond acceptors (Lipinski definition) is 2. The molecule has 1 aliphatic heterocycles. The Hall–Kier alpha value is -2.58. The zero-order valence-electron chi connectivity index (χ0n) is 14.5. The van der Waals surface area contributed by atoms with Crippen molar-refractivity contribution in [1.82, 2.24) is 10.6 Å². The van der Waals surface area contributed by atoms with Crippen molar-refractivity contribution in [3.05, 3.63) is 76.0 Å². The standard InChI is InChI=1S/C19H15ClF3N3OS/c1-10-15(16(26-18(28)24-10)11-6-2-4-8-13(11)20)17(27)25-14-9-5-3-7-12(14)19(21,22)23/h2-9,16H,1H3,(H,25,27)(H2,24,26,28)/t16-/m0/s1. The van der Waals surface area contributed by atoms with Gasteiger partial charge in [0.2, 0.25) is 0 Å². The molecule has 0 bridgehead atoms. The second kappa shape index (κ2) is 7.81. The third-order valence-corrected chi connectivity index (χ3v) is 4.77. The summed E-state index contributed by atoms with van der Waals surface area (Å²) in [7, 11) is 0. The van der Waals surface area contributed by atoms with Crippen molar-refractivity contribution in [2.75, 3.05) is 5.32 Å². The summed E-state index contributed by atoms with van der Waals surface area (Å²) in [5, 5.41) is 8.85. The molecule has 146 valence electrons. The van der Waals surface area contributed by atoms with E-state index in [-0.39, 0.29) is 16.4 Å². The van der Waals surface area contributed by atoms with Crippen molar-refractivity contribution in [1.29, 1.82) is 0 Å². The second-order valence-electron chi connectivity index (χ2n) is 6.09. The van der Waals surface area contributed by atoms with Gasteiger partial charge in [-0.3, -0.25) is 4.79 Å². The number of thiocarbonyl (C=S) groups is 1. The van der Waals surface area contributed by atoms with Crippen molar-refractivity contribution in [2.24, 2.45) is 0 Å². The molecule has 3 rings (SSSR count). The maximum Gasteiger partial charge on any atom is 0.418 e. The summed E-state index contributed by atoms with van der Waals surface area (Å²) >= 11 is 11.4. The molecule has 0 unspecified atom stereocenters. The second-order valence-corrected chi connectivity index (χ2v) is 6.90. The molecule has 2 aromatic carbocycles. The van der Waals surface area contributed by atoms with Crippen molar-refractivity contribution >= 4 is 40.5 Å². The summed E-state index contributed by atoms with van der Waals surface area (Å²) < 4.78 is 39.7. The van der Waals surface area contributed by atoms with Gasteiger partial charge in [0.25, 0.3) is 5.91 Å². The summed E-state index contributed by atoms with van der Waals surface area (Å²) in [6, 6.07) is 11.0. The van der Waals surface area contributed by atoms with E-state index in [0.717, 1.165) is 6.07 Å². The maximum atomic E-state index is 13.2. The van der Waals surface area contributed by atoms with E-state index in [9.17, 15) is 18.0 Å². The molecule has 1 amide bonds. The molecule has 0 fully saturated rings. The van der Waals surface area contributed by atoms with E-state index >= 15 is 0 Å².